The lowest BCUT2D eigenvalue weighted by atomic mass is 10.1. The summed E-state index contributed by atoms with van der Waals surface area (Å²) in [4.78, 5) is 28.4. The molecule has 3 aliphatic rings. The number of imide groups is 1. The maximum atomic E-state index is 12.5. The summed E-state index contributed by atoms with van der Waals surface area (Å²) in [5.41, 5.74) is 3.98. The minimum atomic E-state index is -0.901. The summed E-state index contributed by atoms with van der Waals surface area (Å²) in [7, 11) is 0. The van der Waals surface area contributed by atoms with E-state index in [9.17, 15) is 14.7 Å². The molecule has 0 bridgehead atoms. The van der Waals surface area contributed by atoms with Gasteiger partial charge in [-0.2, -0.15) is 0 Å². The summed E-state index contributed by atoms with van der Waals surface area (Å²) in [6, 6.07) is 13.6. The van der Waals surface area contributed by atoms with Crippen molar-refractivity contribution >= 4 is 11.8 Å². The molecule has 1 unspecified atom stereocenters. The number of benzene rings is 2. The minimum Gasteiger partial charge on any atom is -0.489 e. The molecule has 180 valence electrons. The van der Waals surface area contributed by atoms with Crippen molar-refractivity contribution in [1.82, 2.24) is 15.1 Å². The molecule has 0 saturated carbocycles. The van der Waals surface area contributed by atoms with Gasteiger partial charge in [-0.1, -0.05) is 36.4 Å². The lowest BCUT2D eigenvalue weighted by Crippen LogP contribution is -2.46. The van der Waals surface area contributed by atoms with Crippen LogP contribution in [0.2, 0.25) is 0 Å². The van der Waals surface area contributed by atoms with Gasteiger partial charge in [-0.05, 0) is 30.0 Å². The first kappa shape index (κ1) is 23.0. The Balaban J connectivity index is 1.23. The number of carbonyl (C=O) groups is 2. The molecule has 2 aromatic carbocycles. The highest BCUT2D eigenvalue weighted by molar-refractivity contribution is 5.98. The lowest BCUT2D eigenvalue weighted by Gasteiger charge is -2.28. The van der Waals surface area contributed by atoms with E-state index in [1.54, 1.807) is 4.90 Å². The van der Waals surface area contributed by atoms with E-state index < -0.39 is 12.3 Å². The van der Waals surface area contributed by atoms with Crippen LogP contribution >= 0.6 is 0 Å². The van der Waals surface area contributed by atoms with E-state index in [0.29, 0.717) is 38.2 Å². The monoisotopic (exact) mass is 465 g/mol. The zero-order chi connectivity index (χ0) is 23.5. The summed E-state index contributed by atoms with van der Waals surface area (Å²) < 4.78 is 11.6. The van der Waals surface area contributed by atoms with E-state index in [-0.39, 0.29) is 11.8 Å². The molecule has 8 nitrogen and oxygen atoms in total. The number of aliphatic hydroxyl groups excluding tert-OH is 1. The molecule has 2 saturated heterocycles. The summed E-state index contributed by atoms with van der Waals surface area (Å²) in [5, 5.41) is 13.4. The Morgan fingerprint density at radius 2 is 1.82 bits per heavy atom. The van der Waals surface area contributed by atoms with Gasteiger partial charge in [0.05, 0.1) is 19.3 Å². The molecule has 2 aromatic rings. The van der Waals surface area contributed by atoms with Gasteiger partial charge in [0.15, 0.2) is 0 Å². The normalized spacial score (nSPS) is 23.9. The van der Waals surface area contributed by atoms with Crippen LogP contribution < -0.4 is 10.1 Å². The predicted molar refractivity (Wildman–Crippen MR) is 125 cm³/mol. The minimum absolute atomic E-state index is 0.251. The number of ether oxygens (including phenoxy) is 2. The SMILES string of the molecule is O=C1CCC[C@H](N2Cc3c(OCc4ccc(CN5CCOCC5)cc4)cccc3C2O)C(=O)N1. The lowest BCUT2D eigenvalue weighted by molar-refractivity contribution is -0.135. The van der Waals surface area contributed by atoms with E-state index in [4.69, 9.17) is 9.47 Å². The molecular weight excluding hydrogens is 434 g/mol. The van der Waals surface area contributed by atoms with Gasteiger partial charge in [-0.25, -0.2) is 0 Å². The number of carbonyl (C=O) groups excluding carboxylic acids is 2. The van der Waals surface area contributed by atoms with E-state index >= 15 is 0 Å². The molecule has 3 aliphatic heterocycles. The number of morpholine rings is 1. The maximum absolute atomic E-state index is 12.5. The predicted octanol–water partition coefficient (Wildman–Crippen LogP) is 2.10. The van der Waals surface area contributed by atoms with E-state index in [1.165, 1.54) is 5.56 Å². The third kappa shape index (κ3) is 5.00. The number of rotatable bonds is 6. The summed E-state index contributed by atoms with van der Waals surface area (Å²) in [6.07, 6.45) is 0.586. The standard InChI is InChI=1S/C26H31N3O5/c30-24-6-2-4-22(25(31)27-24)29-16-21-20(26(29)32)3-1-5-23(21)34-17-19-9-7-18(8-10-19)15-28-11-13-33-14-12-28/h1,3,5,7-10,22,26,32H,2,4,6,11-17H2,(H,27,30,31)/t22-,26?/m0/s1. The summed E-state index contributed by atoms with van der Waals surface area (Å²) in [6.45, 7) is 5.26. The molecule has 2 N–H and O–H groups in total. The molecule has 8 heteroatoms. The third-order valence-corrected chi connectivity index (χ3v) is 6.88. The number of hydrogen-bond donors (Lipinski definition) is 2. The van der Waals surface area contributed by atoms with Gasteiger partial charge in [-0.15, -0.1) is 0 Å². The second-order valence-corrected chi connectivity index (χ2v) is 9.18. The molecule has 2 fully saturated rings. The highest BCUT2D eigenvalue weighted by Gasteiger charge is 2.39. The third-order valence-electron chi connectivity index (χ3n) is 6.88. The van der Waals surface area contributed by atoms with Crippen LogP contribution in [0.15, 0.2) is 42.5 Å². The average Bonchev–Trinajstić information content (AvgIpc) is 3.08. The van der Waals surface area contributed by atoms with Crippen LogP contribution in [0.5, 0.6) is 5.75 Å². The number of amides is 2. The molecule has 3 heterocycles. The first-order valence-corrected chi connectivity index (χ1v) is 12.0. The summed E-state index contributed by atoms with van der Waals surface area (Å²) in [5.74, 6) is 0.120. The molecular formula is C26H31N3O5. The molecule has 5 rings (SSSR count). The first-order valence-electron chi connectivity index (χ1n) is 12.0. The van der Waals surface area contributed by atoms with Crippen LogP contribution in [-0.2, 0) is 34.0 Å². The first-order chi connectivity index (χ1) is 16.6. The second-order valence-electron chi connectivity index (χ2n) is 9.18. The zero-order valence-corrected chi connectivity index (χ0v) is 19.2. The van der Waals surface area contributed by atoms with Crippen LogP contribution in [0.4, 0.5) is 0 Å². The van der Waals surface area contributed by atoms with Crippen LogP contribution in [0.3, 0.4) is 0 Å². The van der Waals surface area contributed by atoms with Crippen molar-refractivity contribution in [3.8, 4) is 5.75 Å². The Bertz CT molecular complexity index is 1040. The highest BCUT2D eigenvalue weighted by Crippen LogP contribution is 2.39. The van der Waals surface area contributed by atoms with Gasteiger partial charge in [0.1, 0.15) is 18.6 Å². The molecule has 34 heavy (non-hydrogen) atoms. The molecule has 2 atom stereocenters. The largest absolute Gasteiger partial charge is 0.489 e. The Kier molecular flexibility index (Phi) is 6.92. The van der Waals surface area contributed by atoms with E-state index in [0.717, 1.165) is 49.5 Å². The molecule has 0 aromatic heterocycles. The van der Waals surface area contributed by atoms with Crippen molar-refractivity contribution in [2.45, 2.75) is 51.2 Å². The van der Waals surface area contributed by atoms with E-state index in [1.807, 2.05) is 18.2 Å². The van der Waals surface area contributed by atoms with Crippen molar-refractivity contribution in [1.29, 1.82) is 0 Å². The Hall–Kier alpha value is -2.78. The molecule has 0 radical (unpaired) electrons. The quantitative estimate of drug-likeness (QED) is 0.632. The average molecular weight is 466 g/mol. The van der Waals surface area contributed by atoms with Crippen LogP contribution in [0.25, 0.3) is 0 Å². The molecule has 0 aliphatic carbocycles. The molecule has 2 amide bonds. The topological polar surface area (TPSA) is 91.3 Å². The van der Waals surface area contributed by atoms with Crippen molar-refractivity contribution in [3.05, 3.63) is 64.7 Å². The van der Waals surface area contributed by atoms with Crippen molar-refractivity contribution < 1.29 is 24.2 Å². The van der Waals surface area contributed by atoms with Gasteiger partial charge in [0.25, 0.3) is 0 Å². The van der Waals surface area contributed by atoms with Gasteiger partial charge >= 0.3 is 0 Å². The zero-order valence-electron chi connectivity index (χ0n) is 19.2. The Morgan fingerprint density at radius 3 is 2.62 bits per heavy atom. The van der Waals surface area contributed by atoms with Crippen LogP contribution in [0.1, 0.15) is 47.7 Å². The van der Waals surface area contributed by atoms with Crippen LogP contribution in [-0.4, -0.2) is 59.1 Å². The summed E-state index contributed by atoms with van der Waals surface area (Å²) >= 11 is 0. The van der Waals surface area contributed by atoms with Crippen molar-refractivity contribution in [2.75, 3.05) is 26.3 Å². The fraction of sp³-hybridized carbons (Fsp3) is 0.462. The smallest absolute Gasteiger partial charge is 0.244 e. The number of nitrogens with one attached hydrogen (secondary N) is 1. The number of hydrogen-bond acceptors (Lipinski definition) is 7. The van der Waals surface area contributed by atoms with Crippen LogP contribution in [0, 0.1) is 0 Å². The fourth-order valence-electron chi connectivity index (χ4n) is 4.96. The van der Waals surface area contributed by atoms with E-state index in [2.05, 4.69) is 34.5 Å². The Labute approximate surface area is 199 Å². The highest BCUT2D eigenvalue weighted by atomic mass is 16.5. The fourth-order valence-corrected chi connectivity index (χ4v) is 4.96. The number of fused-ring (bicyclic) bond motifs is 1. The molecule has 0 spiro atoms. The Morgan fingerprint density at radius 1 is 1.06 bits per heavy atom. The maximum Gasteiger partial charge on any atom is 0.244 e. The van der Waals surface area contributed by atoms with Gasteiger partial charge in [-0.3, -0.25) is 24.7 Å². The second kappa shape index (κ2) is 10.2. The van der Waals surface area contributed by atoms with Gasteiger partial charge < -0.3 is 14.6 Å². The van der Waals surface area contributed by atoms with Crippen molar-refractivity contribution in [2.24, 2.45) is 0 Å². The van der Waals surface area contributed by atoms with Gasteiger partial charge in [0.2, 0.25) is 11.8 Å². The number of aliphatic hydroxyl groups is 1. The number of nitrogens with zero attached hydrogens (tertiary/aromatic N) is 2. The van der Waals surface area contributed by atoms with Gasteiger partial charge in [0, 0.05) is 43.7 Å². The van der Waals surface area contributed by atoms with Crippen molar-refractivity contribution in [3.63, 3.8) is 0 Å².